The largest absolute Gasteiger partial charge is 0.392 e. The molecule has 2 rings (SSSR count). The Balaban J connectivity index is 2.14. The zero-order valence-corrected chi connectivity index (χ0v) is 13.0. The van der Waals surface area contributed by atoms with E-state index in [1.54, 1.807) is 19.1 Å². The Bertz CT molecular complexity index is 541. The van der Waals surface area contributed by atoms with Crippen molar-refractivity contribution in [2.75, 3.05) is 0 Å². The van der Waals surface area contributed by atoms with Crippen molar-refractivity contribution in [3.63, 3.8) is 0 Å². The quantitative estimate of drug-likeness (QED) is 0.840. The Kier molecular flexibility index (Phi) is 5.28. The van der Waals surface area contributed by atoms with Gasteiger partial charge in [0.05, 0.1) is 16.6 Å². The van der Waals surface area contributed by atoms with Crippen molar-refractivity contribution in [1.29, 1.82) is 0 Å². The molecular weight excluding hydrogens is 287 g/mol. The minimum absolute atomic E-state index is 0.0482. The van der Waals surface area contributed by atoms with Crippen LogP contribution in [0.15, 0.2) is 18.2 Å². The van der Waals surface area contributed by atoms with E-state index in [0.717, 1.165) is 25.7 Å². The molecule has 0 spiro atoms. The molecular formula is C16H21FN2OS. The topological polar surface area (TPSA) is 55.1 Å². The minimum Gasteiger partial charge on any atom is -0.392 e. The van der Waals surface area contributed by atoms with Crippen LogP contribution in [-0.4, -0.2) is 16.9 Å². The van der Waals surface area contributed by atoms with E-state index in [1.165, 1.54) is 12.5 Å². The van der Waals surface area contributed by atoms with E-state index in [0.29, 0.717) is 5.56 Å². The summed E-state index contributed by atoms with van der Waals surface area (Å²) in [5.74, 6) is -0.673. The van der Waals surface area contributed by atoms with Crippen LogP contribution in [0.5, 0.6) is 0 Å². The van der Waals surface area contributed by atoms with Crippen LogP contribution in [0.1, 0.15) is 48.0 Å². The molecule has 1 aromatic rings. The Morgan fingerprint density at radius 3 is 2.67 bits per heavy atom. The number of hydrogen-bond donors (Lipinski definition) is 2. The number of rotatable bonds is 4. The maximum Gasteiger partial charge on any atom is 0.254 e. The monoisotopic (exact) mass is 308 g/mol. The number of halogens is 1. The van der Waals surface area contributed by atoms with Crippen LogP contribution in [0.3, 0.4) is 0 Å². The van der Waals surface area contributed by atoms with Crippen molar-refractivity contribution in [3.05, 3.63) is 35.1 Å². The molecule has 0 bridgehead atoms. The highest BCUT2D eigenvalue weighted by Crippen LogP contribution is 2.27. The van der Waals surface area contributed by atoms with Crippen molar-refractivity contribution in [2.24, 2.45) is 11.7 Å². The molecule has 0 radical (unpaired) electrons. The van der Waals surface area contributed by atoms with Crippen LogP contribution < -0.4 is 11.1 Å². The van der Waals surface area contributed by atoms with E-state index >= 15 is 0 Å². The van der Waals surface area contributed by atoms with E-state index in [-0.39, 0.29) is 22.5 Å². The molecule has 5 heteroatoms. The van der Waals surface area contributed by atoms with E-state index in [4.69, 9.17) is 18.0 Å². The van der Waals surface area contributed by atoms with E-state index in [2.05, 4.69) is 5.32 Å². The maximum atomic E-state index is 14.0. The summed E-state index contributed by atoms with van der Waals surface area (Å²) in [5.41, 5.74) is 6.28. The lowest BCUT2D eigenvalue weighted by Crippen LogP contribution is -2.49. The maximum absolute atomic E-state index is 14.0. The number of amides is 1. The standard InChI is InChI=1S/C16H21FN2OS/c1-10-6-5-9-12(13(10)17)16(20)19-14(15(18)21)11-7-3-2-4-8-11/h5-6,9,11,14H,2-4,7-8H2,1H3,(H2,18,21)(H,19,20). The second-order valence-electron chi connectivity index (χ2n) is 5.69. The molecule has 1 amide bonds. The van der Waals surface area contributed by atoms with Crippen molar-refractivity contribution in [1.82, 2.24) is 5.32 Å². The number of carbonyl (C=O) groups is 1. The number of benzene rings is 1. The molecule has 0 aliphatic heterocycles. The third-order valence-electron chi connectivity index (χ3n) is 4.15. The van der Waals surface area contributed by atoms with Gasteiger partial charge in [-0.1, -0.05) is 43.6 Å². The second-order valence-corrected chi connectivity index (χ2v) is 6.16. The SMILES string of the molecule is Cc1cccc(C(=O)NC(C(N)=S)C2CCCCC2)c1F. The van der Waals surface area contributed by atoms with Crippen LogP contribution in [0.2, 0.25) is 0 Å². The fourth-order valence-electron chi connectivity index (χ4n) is 2.93. The van der Waals surface area contributed by atoms with Crippen LogP contribution in [0.4, 0.5) is 4.39 Å². The smallest absolute Gasteiger partial charge is 0.254 e. The Hall–Kier alpha value is -1.49. The molecule has 114 valence electrons. The molecule has 21 heavy (non-hydrogen) atoms. The Labute approximate surface area is 130 Å². The van der Waals surface area contributed by atoms with Gasteiger partial charge in [0.15, 0.2) is 0 Å². The molecule has 0 heterocycles. The van der Waals surface area contributed by atoms with Gasteiger partial charge in [0.25, 0.3) is 5.91 Å². The summed E-state index contributed by atoms with van der Waals surface area (Å²) in [4.78, 5) is 12.6. The zero-order valence-electron chi connectivity index (χ0n) is 12.2. The first kappa shape index (κ1) is 15.9. The van der Waals surface area contributed by atoms with Gasteiger partial charge in [-0.15, -0.1) is 0 Å². The second kappa shape index (κ2) is 6.98. The summed E-state index contributed by atoms with van der Waals surface area (Å²) in [5, 5.41) is 2.83. The highest BCUT2D eigenvalue weighted by atomic mass is 32.1. The predicted molar refractivity (Wildman–Crippen MR) is 85.8 cm³/mol. The summed E-state index contributed by atoms with van der Waals surface area (Å²) >= 11 is 5.09. The third-order valence-corrected chi connectivity index (χ3v) is 4.40. The molecule has 1 saturated carbocycles. The summed E-state index contributed by atoms with van der Waals surface area (Å²) in [6.07, 6.45) is 5.45. The zero-order chi connectivity index (χ0) is 15.4. The molecule has 1 fully saturated rings. The lowest BCUT2D eigenvalue weighted by molar-refractivity contribution is 0.0927. The van der Waals surface area contributed by atoms with Gasteiger partial charge in [-0.25, -0.2) is 4.39 Å². The van der Waals surface area contributed by atoms with Crippen molar-refractivity contribution in [2.45, 2.75) is 45.1 Å². The van der Waals surface area contributed by atoms with Crippen molar-refractivity contribution >= 4 is 23.1 Å². The fourth-order valence-corrected chi connectivity index (χ4v) is 3.18. The van der Waals surface area contributed by atoms with Crippen LogP contribution in [0.25, 0.3) is 0 Å². The van der Waals surface area contributed by atoms with Crippen LogP contribution in [0, 0.1) is 18.7 Å². The van der Waals surface area contributed by atoms with Crippen LogP contribution >= 0.6 is 12.2 Å². The first-order chi connectivity index (χ1) is 10.0. The normalized spacial score (nSPS) is 17.2. The summed E-state index contributed by atoms with van der Waals surface area (Å²) < 4.78 is 14.0. The van der Waals surface area contributed by atoms with Crippen LogP contribution in [-0.2, 0) is 0 Å². The summed E-state index contributed by atoms with van der Waals surface area (Å²) in [6.45, 7) is 1.64. The van der Waals surface area contributed by atoms with E-state index in [9.17, 15) is 9.18 Å². The third kappa shape index (κ3) is 3.79. The van der Waals surface area contributed by atoms with E-state index < -0.39 is 11.7 Å². The minimum atomic E-state index is -0.486. The molecule has 1 atom stereocenters. The van der Waals surface area contributed by atoms with Gasteiger partial charge in [-0.2, -0.15) is 0 Å². The van der Waals surface area contributed by atoms with Gasteiger partial charge < -0.3 is 11.1 Å². The molecule has 3 N–H and O–H groups in total. The molecule has 1 unspecified atom stereocenters. The number of aryl methyl sites for hydroxylation is 1. The summed E-state index contributed by atoms with van der Waals surface area (Å²) in [7, 11) is 0. The first-order valence-electron chi connectivity index (χ1n) is 7.36. The number of hydrogen-bond acceptors (Lipinski definition) is 2. The average molecular weight is 308 g/mol. The van der Waals surface area contributed by atoms with Crippen molar-refractivity contribution < 1.29 is 9.18 Å². The Morgan fingerprint density at radius 2 is 2.05 bits per heavy atom. The van der Waals surface area contributed by atoms with Gasteiger partial charge in [0, 0.05) is 0 Å². The fraction of sp³-hybridized carbons (Fsp3) is 0.500. The lowest BCUT2D eigenvalue weighted by Gasteiger charge is -2.30. The molecule has 0 aromatic heterocycles. The van der Waals surface area contributed by atoms with Gasteiger partial charge >= 0.3 is 0 Å². The summed E-state index contributed by atoms with van der Waals surface area (Å²) in [6, 6.07) is 4.43. The number of thiocarbonyl (C=S) groups is 1. The highest BCUT2D eigenvalue weighted by molar-refractivity contribution is 7.80. The van der Waals surface area contributed by atoms with E-state index in [1.807, 2.05) is 0 Å². The number of nitrogens with two attached hydrogens (primary N) is 1. The lowest BCUT2D eigenvalue weighted by atomic mass is 9.83. The molecule has 3 nitrogen and oxygen atoms in total. The number of nitrogens with one attached hydrogen (secondary N) is 1. The van der Waals surface area contributed by atoms with Gasteiger partial charge in [-0.05, 0) is 37.3 Å². The molecule has 1 aliphatic carbocycles. The first-order valence-corrected chi connectivity index (χ1v) is 7.77. The Morgan fingerprint density at radius 1 is 1.38 bits per heavy atom. The molecule has 1 aliphatic rings. The molecule has 1 aromatic carbocycles. The van der Waals surface area contributed by atoms with Gasteiger partial charge in [-0.3, -0.25) is 4.79 Å². The predicted octanol–water partition coefficient (Wildman–Crippen LogP) is 3.10. The van der Waals surface area contributed by atoms with Gasteiger partial charge in [0.1, 0.15) is 5.82 Å². The average Bonchev–Trinajstić information content (AvgIpc) is 2.48. The number of carbonyl (C=O) groups excluding carboxylic acids is 1. The van der Waals surface area contributed by atoms with Crippen molar-refractivity contribution in [3.8, 4) is 0 Å². The highest BCUT2D eigenvalue weighted by Gasteiger charge is 2.28. The molecule has 0 saturated heterocycles. The van der Waals surface area contributed by atoms with Gasteiger partial charge in [0.2, 0.25) is 0 Å².